The van der Waals surface area contributed by atoms with Crippen molar-refractivity contribution in [1.29, 1.82) is 0 Å². The molecule has 0 saturated heterocycles. The number of aliphatic hydroxyl groups excluding tert-OH is 1. The average Bonchev–Trinajstić information content (AvgIpc) is 3.50. The van der Waals surface area contributed by atoms with Crippen LogP contribution in [-0.2, 0) is 19.1 Å². The first-order valence-corrected chi connectivity index (χ1v) is 20.7. The van der Waals surface area contributed by atoms with Crippen LogP contribution in [0.2, 0.25) is 0 Å². The number of hydrogen-bond donors (Lipinski definition) is 2. The molecule has 0 aromatic heterocycles. The van der Waals surface area contributed by atoms with Crippen LogP contribution in [0.4, 0.5) is 18.0 Å². The van der Waals surface area contributed by atoms with E-state index in [2.05, 4.69) is 6.08 Å². The van der Waals surface area contributed by atoms with E-state index in [1.165, 1.54) is 24.1 Å². The maximum Gasteiger partial charge on any atom is 0.416 e. The zero-order valence-electron chi connectivity index (χ0n) is 34.9. The highest BCUT2D eigenvalue weighted by molar-refractivity contribution is 6.10. The fraction of sp³-hybridized carbons (Fsp3) is 0.360. The first kappa shape index (κ1) is 43.4. The smallest absolute Gasteiger partial charge is 0.416 e. The van der Waals surface area contributed by atoms with Crippen LogP contribution in [0.15, 0.2) is 115 Å². The second kappa shape index (κ2) is 17.8. The van der Waals surface area contributed by atoms with Crippen LogP contribution in [0.25, 0.3) is 10.8 Å². The molecule has 0 heterocycles. The highest BCUT2D eigenvalue weighted by Gasteiger charge is 2.58. The van der Waals surface area contributed by atoms with E-state index in [9.17, 15) is 33.0 Å². The molecule has 8 nitrogen and oxygen atoms in total. The van der Waals surface area contributed by atoms with Gasteiger partial charge in [-0.3, -0.25) is 4.79 Å². The number of methoxy groups -OCH3 is 2. The van der Waals surface area contributed by atoms with E-state index in [1.807, 2.05) is 56.3 Å². The molecule has 8 rings (SSSR count). The third kappa shape index (κ3) is 9.33. The molecular formula is C50H52F3NO7. The molecule has 5 aromatic rings. The van der Waals surface area contributed by atoms with E-state index in [0.717, 1.165) is 28.5 Å². The molecular weight excluding hydrogens is 784 g/mol. The first-order valence-electron chi connectivity index (χ1n) is 20.7. The lowest BCUT2D eigenvalue weighted by molar-refractivity contribution is -0.137. The van der Waals surface area contributed by atoms with E-state index in [-0.39, 0.29) is 37.1 Å². The quantitative estimate of drug-likeness (QED) is 0.113. The zero-order valence-corrected chi connectivity index (χ0v) is 34.9. The molecule has 4 unspecified atom stereocenters. The fourth-order valence-electron chi connectivity index (χ4n) is 9.27. The number of amides is 1. The normalized spacial score (nSPS) is 21.9. The van der Waals surface area contributed by atoms with Crippen molar-refractivity contribution in [3.05, 3.63) is 148 Å². The second-order valence-corrected chi connectivity index (χ2v) is 16.8. The van der Waals surface area contributed by atoms with Crippen LogP contribution in [0.1, 0.15) is 96.5 Å². The van der Waals surface area contributed by atoms with Crippen molar-refractivity contribution in [2.24, 2.45) is 5.41 Å². The molecule has 3 aliphatic rings. The third-order valence-corrected chi connectivity index (χ3v) is 12.9. The molecule has 5 aromatic carbocycles. The van der Waals surface area contributed by atoms with E-state index in [4.69, 9.17) is 14.2 Å². The molecule has 1 fully saturated rings. The summed E-state index contributed by atoms with van der Waals surface area (Å²) in [7, 11) is 3.08. The van der Waals surface area contributed by atoms with Gasteiger partial charge in [-0.2, -0.15) is 13.2 Å². The number of carbonyl (C=O) groups is 2. The SMILES string of the molecule is COc1ccc(CN(CC2(O)CCC3c4ccc(cc4C(=O)c4cccc(C(F)(F)F)c4)CC(O)CCC(C)=CCCC32C)C(=O)Oc2ccc3ccccc3c2)c(OC)c1. The summed E-state index contributed by atoms with van der Waals surface area (Å²) < 4.78 is 58.9. The number of benzene rings is 5. The standard InChI is InChI=1S/C50H52F3NO7/c1-32-9-8-23-48(2)44(42-21-15-33(25-39(55)18-14-32)26-43(42)46(56)36-12-7-13-38(27-36)50(51,52)53)22-24-49(48,58)31-54(30-37-17-19-40(59-3)29-45(37)60-4)47(57)61-41-20-16-34-10-5-6-11-35(34)28-41/h5-7,9-13,15-17,19-21,26-29,39,44,55,58H,8,14,18,22-25,30-31H2,1-4H3. The number of ether oxygens (including phenoxy) is 3. The van der Waals surface area contributed by atoms with E-state index in [0.29, 0.717) is 66.0 Å². The topological polar surface area (TPSA) is 106 Å². The van der Waals surface area contributed by atoms with Gasteiger partial charge in [-0.1, -0.05) is 73.2 Å². The van der Waals surface area contributed by atoms with Crippen molar-refractivity contribution in [2.45, 2.75) is 89.1 Å². The summed E-state index contributed by atoms with van der Waals surface area (Å²) in [5.41, 5.74) is -0.302. The number of halogens is 3. The molecule has 11 heteroatoms. The Labute approximate surface area is 354 Å². The van der Waals surface area contributed by atoms with E-state index >= 15 is 0 Å². The fourth-order valence-corrected chi connectivity index (χ4v) is 9.27. The lowest BCUT2D eigenvalue weighted by atomic mass is 9.64. The lowest BCUT2D eigenvalue weighted by Crippen LogP contribution is -2.54. The number of fused-ring (bicyclic) bond motifs is 9. The highest BCUT2D eigenvalue weighted by Crippen LogP contribution is 2.59. The molecule has 0 radical (unpaired) electrons. The molecule has 2 bridgehead atoms. The Bertz CT molecular complexity index is 2450. The number of ketones is 1. The largest absolute Gasteiger partial charge is 0.497 e. The highest BCUT2D eigenvalue weighted by atomic mass is 19.4. The Morgan fingerprint density at radius 3 is 2.38 bits per heavy atom. The average molecular weight is 836 g/mol. The number of nitrogens with zero attached hydrogens (tertiary/aromatic N) is 1. The number of rotatable bonds is 9. The summed E-state index contributed by atoms with van der Waals surface area (Å²) in [5.74, 6) is 0.345. The van der Waals surface area contributed by atoms with Crippen LogP contribution in [0, 0.1) is 5.41 Å². The van der Waals surface area contributed by atoms with Gasteiger partial charge >= 0.3 is 12.3 Å². The maximum absolute atomic E-state index is 14.5. The van der Waals surface area contributed by atoms with E-state index in [1.54, 1.807) is 43.5 Å². The summed E-state index contributed by atoms with van der Waals surface area (Å²) in [6.07, 6.45) is -0.877. The molecule has 320 valence electrons. The van der Waals surface area contributed by atoms with Gasteiger partial charge in [0, 0.05) is 28.2 Å². The van der Waals surface area contributed by atoms with Crippen LogP contribution in [-0.4, -0.2) is 59.5 Å². The van der Waals surface area contributed by atoms with Crippen molar-refractivity contribution in [1.82, 2.24) is 4.90 Å². The molecule has 0 spiro atoms. The summed E-state index contributed by atoms with van der Waals surface area (Å²) >= 11 is 0. The Morgan fingerprint density at radius 2 is 1.62 bits per heavy atom. The second-order valence-electron chi connectivity index (χ2n) is 16.8. The predicted octanol–water partition coefficient (Wildman–Crippen LogP) is 10.8. The van der Waals surface area contributed by atoms with Gasteiger partial charge in [-0.05, 0) is 122 Å². The number of hydrogen-bond acceptors (Lipinski definition) is 7. The van der Waals surface area contributed by atoms with Crippen molar-refractivity contribution < 1.29 is 47.2 Å². The minimum absolute atomic E-state index is 0.0119. The van der Waals surface area contributed by atoms with Crippen LogP contribution < -0.4 is 14.2 Å². The molecule has 3 aliphatic carbocycles. The minimum atomic E-state index is -4.65. The Morgan fingerprint density at radius 1 is 0.852 bits per heavy atom. The van der Waals surface area contributed by atoms with Crippen molar-refractivity contribution in [3.63, 3.8) is 0 Å². The summed E-state index contributed by atoms with van der Waals surface area (Å²) in [5, 5.41) is 26.1. The Hall–Kier alpha value is -5.65. The molecule has 0 aliphatic heterocycles. The van der Waals surface area contributed by atoms with Gasteiger partial charge in [0.15, 0.2) is 5.78 Å². The number of aliphatic hydroxyl groups is 2. The van der Waals surface area contributed by atoms with Gasteiger partial charge in [0.05, 0.1) is 44.6 Å². The van der Waals surface area contributed by atoms with Crippen molar-refractivity contribution in [3.8, 4) is 17.2 Å². The number of alkyl halides is 3. The predicted molar refractivity (Wildman–Crippen MR) is 228 cm³/mol. The molecule has 1 saturated carbocycles. The van der Waals surface area contributed by atoms with Crippen LogP contribution in [0.3, 0.4) is 0 Å². The monoisotopic (exact) mass is 835 g/mol. The third-order valence-electron chi connectivity index (χ3n) is 12.9. The van der Waals surface area contributed by atoms with Gasteiger partial charge in [0.2, 0.25) is 0 Å². The van der Waals surface area contributed by atoms with Gasteiger partial charge in [-0.15, -0.1) is 0 Å². The van der Waals surface area contributed by atoms with Crippen molar-refractivity contribution in [2.75, 3.05) is 20.8 Å². The first-order chi connectivity index (χ1) is 29.1. The number of allylic oxidation sites excluding steroid dienone is 2. The van der Waals surface area contributed by atoms with Crippen molar-refractivity contribution >= 4 is 22.6 Å². The molecule has 2 N–H and O–H groups in total. The van der Waals surface area contributed by atoms with E-state index < -0.39 is 46.7 Å². The van der Waals surface area contributed by atoms with Gasteiger partial charge in [-0.25, -0.2) is 4.79 Å². The Balaban J connectivity index is 1.31. The summed E-state index contributed by atoms with van der Waals surface area (Å²) in [6, 6.07) is 28.2. The van der Waals surface area contributed by atoms with Gasteiger partial charge < -0.3 is 29.3 Å². The molecule has 1 amide bonds. The summed E-state index contributed by atoms with van der Waals surface area (Å²) in [6.45, 7) is 3.87. The van der Waals surface area contributed by atoms with Crippen LogP contribution in [0.5, 0.6) is 17.2 Å². The summed E-state index contributed by atoms with van der Waals surface area (Å²) in [4.78, 5) is 30.5. The lowest BCUT2D eigenvalue weighted by Gasteiger charge is -2.46. The minimum Gasteiger partial charge on any atom is -0.497 e. The number of carbonyl (C=O) groups excluding carboxylic acids is 2. The van der Waals surface area contributed by atoms with Gasteiger partial charge in [0.25, 0.3) is 0 Å². The molecule has 61 heavy (non-hydrogen) atoms. The maximum atomic E-state index is 14.5. The van der Waals surface area contributed by atoms with Crippen LogP contribution >= 0.6 is 0 Å². The van der Waals surface area contributed by atoms with Gasteiger partial charge in [0.1, 0.15) is 17.2 Å². The Kier molecular flexibility index (Phi) is 12.6. The molecule has 4 atom stereocenters. The zero-order chi connectivity index (χ0) is 43.5.